The third-order valence-electron chi connectivity index (χ3n) is 3.29. The molecule has 2 heterocycles. The number of ether oxygens (including phenoxy) is 1. The molecule has 9 heteroatoms. The number of carbonyl (C=O) groups is 3. The van der Waals surface area contributed by atoms with Crippen molar-refractivity contribution < 1.29 is 19.1 Å². The van der Waals surface area contributed by atoms with Crippen LogP contribution in [0, 0.1) is 0 Å². The summed E-state index contributed by atoms with van der Waals surface area (Å²) in [6.45, 7) is 0.168. The van der Waals surface area contributed by atoms with Crippen molar-refractivity contribution in [2.45, 2.75) is 0 Å². The molecule has 1 N–H and O–H groups in total. The van der Waals surface area contributed by atoms with Crippen LogP contribution in [0.2, 0.25) is 5.02 Å². The van der Waals surface area contributed by atoms with Crippen LogP contribution in [-0.4, -0.2) is 47.5 Å². The van der Waals surface area contributed by atoms with Gasteiger partial charge in [-0.1, -0.05) is 23.7 Å². The van der Waals surface area contributed by atoms with Crippen LogP contribution in [0.1, 0.15) is 10.5 Å². The third-order valence-corrected chi connectivity index (χ3v) is 4.43. The van der Waals surface area contributed by atoms with Crippen molar-refractivity contribution in [2.75, 3.05) is 19.7 Å². The van der Waals surface area contributed by atoms with Gasteiger partial charge in [-0.15, -0.1) is 11.3 Å². The van der Waals surface area contributed by atoms with Gasteiger partial charge in [0.15, 0.2) is 12.3 Å². The lowest BCUT2D eigenvalue weighted by molar-refractivity contribution is -0.130. The number of thiazole rings is 1. The van der Waals surface area contributed by atoms with Crippen LogP contribution < -0.4 is 5.32 Å². The monoisotopic (exact) mass is 365 g/mol. The largest absolute Gasteiger partial charge is 0.451 e. The second-order valence-corrected chi connectivity index (χ2v) is 6.19. The number of nitrogens with one attached hydrogen (secondary N) is 1. The number of rotatable bonds is 4. The Balaban J connectivity index is 1.60. The standard InChI is InChI=1S/C15H12ClN3O4S/c16-10-3-1-9(2-4-10)13-18-11(8-24-13)14(21)23-7-12(20)19-6-5-17-15(19)22/h1-4,8H,5-7H2,(H,17,22). The number of hydrogen-bond donors (Lipinski definition) is 1. The van der Waals surface area contributed by atoms with Crippen molar-refractivity contribution in [3.8, 4) is 10.6 Å². The highest BCUT2D eigenvalue weighted by molar-refractivity contribution is 7.13. The third kappa shape index (κ3) is 3.55. The van der Waals surface area contributed by atoms with Crippen molar-refractivity contribution >= 4 is 40.8 Å². The molecule has 1 aromatic carbocycles. The van der Waals surface area contributed by atoms with Crippen LogP contribution in [0.3, 0.4) is 0 Å². The summed E-state index contributed by atoms with van der Waals surface area (Å²) in [7, 11) is 0. The van der Waals surface area contributed by atoms with Crippen molar-refractivity contribution in [3.63, 3.8) is 0 Å². The number of esters is 1. The molecule has 1 fully saturated rings. The minimum atomic E-state index is -0.709. The normalized spacial score (nSPS) is 13.7. The average molecular weight is 366 g/mol. The number of imide groups is 1. The highest BCUT2D eigenvalue weighted by Gasteiger charge is 2.27. The van der Waals surface area contributed by atoms with Gasteiger partial charge in [0.05, 0.1) is 0 Å². The Bertz CT molecular complexity index is 790. The van der Waals surface area contributed by atoms with E-state index in [1.54, 1.807) is 29.6 Å². The maximum Gasteiger partial charge on any atom is 0.358 e. The molecule has 0 radical (unpaired) electrons. The maximum absolute atomic E-state index is 12.0. The molecule has 0 bridgehead atoms. The lowest BCUT2D eigenvalue weighted by Crippen LogP contribution is -2.37. The molecule has 1 aliphatic rings. The number of hydrogen-bond acceptors (Lipinski definition) is 6. The first-order valence-electron chi connectivity index (χ1n) is 7.01. The fourth-order valence-electron chi connectivity index (χ4n) is 2.08. The zero-order valence-corrected chi connectivity index (χ0v) is 13.9. The van der Waals surface area contributed by atoms with E-state index >= 15 is 0 Å². The van der Waals surface area contributed by atoms with Gasteiger partial charge < -0.3 is 10.1 Å². The van der Waals surface area contributed by atoms with Crippen LogP contribution in [0.15, 0.2) is 29.6 Å². The lowest BCUT2D eigenvalue weighted by atomic mass is 10.2. The van der Waals surface area contributed by atoms with Gasteiger partial charge in [0.25, 0.3) is 5.91 Å². The molecule has 0 unspecified atom stereocenters. The van der Waals surface area contributed by atoms with Crippen LogP contribution in [0.5, 0.6) is 0 Å². The van der Waals surface area contributed by atoms with Crippen molar-refractivity contribution in [3.05, 3.63) is 40.4 Å². The number of halogens is 1. The topological polar surface area (TPSA) is 88.6 Å². The van der Waals surface area contributed by atoms with E-state index in [0.717, 1.165) is 10.5 Å². The SMILES string of the molecule is O=C(OCC(=O)N1CCNC1=O)c1csc(-c2ccc(Cl)cc2)n1. The predicted octanol–water partition coefficient (Wildman–Crippen LogP) is 2.17. The van der Waals surface area contributed by atoms with E-state index in [1.165, 1.54) is 11.3 Å². The van der Waals surface area contributed by atoms with Gasteiger partial charge in [-0.2, -0.15) is 0 Å². The van der Waals surface area contributed by atoms with Gasteiger partial charge in [0.1, 0.15) is 5.01 Å². The molecular formula is C15H12ClN3O4S. The van der Waals surface area contributed by atoms with Gasteiger partial charge in [-0.05, 0) is 12.1 Å². The molecule has 0 spiro atoms. The van der Waals surface area contributed by atoms with Crippen LogP contribution in [0.25, 0.3) is 10.6 Å². The van der Waals surface area contributed by atoms with E-state index in [-0.39, 0.29) is 12.2 Å². The van der Waals surface area contributed by atoms with Crippen LogP contribution in [-0.2, 0) is 9.53 Å². The summed E-state index contributed by atoms with van der Waals surface area (Å²) >= 11 is 7.12. The van der Waals surface area contributed by atoms with E-state index in [0.29, 0.717) is 16.6 Å². The molecule has 0 aliphatic carbocycles. The van der Waals surface area contributed by atoms with Crippen LogP contribution >= 0.6 is 22.9 Å². The molecule has 0 atom stereocenters. The number of amides is 3. The summed E-state index contributed by atoms with van der Waals surface area (Å²) in [6.07, 6.45) is 0. The van der Waals surface area contributed by atoms with E-state index in [9.17, 15) is 14.4 Å². The molecule has 124 valence electrons. The fraction of sp³-hybridized carbons (Fsp3) is 0.200. The van der Waals surface area contributed by atoms with Crippen molar-refractivity contribution in [1.29, 1.82) is 0 Å². The quantitative estimate of drug-likeness (QED) is 0.839. The van der Waals surface area contributed by atoms with E-state index in [1.807, 2.05) is 0 Å². The maximum atomic E-state index is 12.0. The zero-order chi connectivity index (χ0) is 17.1. The molecule has 3 amide bonds. The number of carbonyl (C=O) groups excluding carboxylic acids is 3. The Labute approximate surface area is 146 Å². The van der Waals surface area contributed by atoms with Crippen molar-refractivity contribution in [1.82, 2.24) is 15.2 Å². The molecule has 24 heavy (non-hydrogen) atoms. The summed E-state index contributed by atoms with van der Waals surface area (Å²) in [4.78, 5) is 40.3. The van der Waals surface area contributed by atoms with Gasteiger partial charge in [0.2, 0.25) is 0 Å². The smallest absolute Gasteiger partial charge is 0.358 e. The molecule has 0 saturated carbocycles. The first-order chi connectivity index (χ1) is 11.5. The second kappa shape index (κ2) is 6.98. The summed E-state index contributed by atoms with van der Waals surface area (Å²) in [5, 5.41) is 5.31. The lowest BCUT2D eigenvalue weighted by Gasteiger charge is -2.11. The van der Waals surface area contributed by atoms with Gasteiger partial charge in [-0.25, -0.2) is 14.6 Å². The predicted molar refractivity (Wildman–Crippen MR) is 88.0 cm³/mol. The molecule has 1 saturated heterocycles. The number of aromatic nitrogens is 1. The van der Waals surface area contributed by atoms with E-state index in [2.05, 4.69) is 10.3 Å². The summed E-state index contributed by atoms with van der Waals surface area (Å²) in [5.41, 5.74) is 0.942. The second-order valence-electron chi connectivity index (χ2n) is 4.90. The number of nitrogens with zero attached hydrogens (tertiary/aromatic N) is 2. The molecule has 2 aromatic rings. The summed E-state index contributed by atoms with van der Waals surface area (Å²) < 4.78 is 4.93. The van der Waals surface area contributed by atoms with Crippen LogP contribution in [0.4, 0.5) is 4.79 Å². The highest BCUT2D eigenvalue weighted by atomic mass is 35.5. The van der Waals surface area contributed by atoms with Crippen molar-refractivity contribution in [2.24, 2.45) is 0 Å². The zero-order valence-electron chi connectivity index (χ0n) is 12.3. The minimum absolute atomic E-state index is 0.114. The summed E-state index contributed by atoms with van der Waals surface area (Å²) in [5.74, 6) is -1.27. The first-order valence-corrected chi connectivity index (χ1v) is 8.27. The van der Waals surface area contributed by atoms with Gasteiger partial charge in [-0.3, -0.25) is 9.69 Å². The molecule has 3 rings (SSSR count). The fourth-order valence-corrected chi connectivity index (χ4v) is 3.00. The Hall–Kier alpha value is -2.45. The molecule has 1 aromatic heterocycles. The van der Waals surface area contributed by atoms with Gasteiger partial charge in [0, 0.05) is 29.1 Å². The molecule has 7 nitrogen and oxygen atoms in total. The van der Waals surface area contributed by atoms with Gasteiger partial charge >= 0.3 is 12.0 Å². The Morgan fingerprint density at radius 3 is 2.75 bits per heavy atom. The Morgan fingerprint density at radius 1 is 1.33 bits per heavy atom. The van der Waals surface area contributed by atoms with E-state index < -0.39 is 24.5 Å². The minimum Gasteiger partial charge on any atom is -0.451 e. The molecular weight excluding hydrogens is 354 g/mol. The first kappa shape index (κ1) is 16.4. The Morgan fingerprint density at radius 2 is 2.08 bits per heavy atom. The highest BCUT2D eigenvalue weighted by Crippen LogP contribution is 2.25. The molecule has 1 aliphatic heterocycles. The summed E-state index contributed by atoms with van der Waals surface area (Å²) in [6, 6.07) is 6.58. The number of benzene rings is 1. The number of urea groups is 1. The average Bonchev–Trinajstić information content (AvgIpc) is 3.22. The van der Waals surface area contributed by atoms with E-state index in [4.69, 9.17) is 16.3 Å². The Kier molecular flexibility index (Phi) is 4.77.